The zero-order valence-corrected chi connectivity index (χ0v) is 14.9. The van der Waals surface area contributed by atoms with Gasteiger partial charge in [-0.15, -0.1) is 0 Å². The molecule has 130 valence electrons. The largest absolute Gasteiger partial charge is 0.335 e. The molecule has 5 nitrogen and oxygen atoms in total. The Balaban J connectivity index is 1.94. The fourth-order valence-electron chi connectivity index (χ4n) is 2.78. The molecular weight excluding hydrogens is 353 g/mol. The third kappa shape index (κ3) is 2.99. The highest BCUT2D eigenvalue weighted by molar-refractivity contribution is 6.31. The first-order valence-electron chi connectivity index (χ1n) is 8.04. The van der Waals surface area contributed by atoms with E-state index in [0.29, 0.717) is 33.4 Å². The molecule has 0 bridgehead atoms. The zero-order chi connectivity index (χ0) is 18.3. The number of nitrogens with one attached hydrogen (secondary N) is 1. The van der Waals surface area contributed by atoms with Crippen molar-refractivity contribution < 1.29 is 4.39 Å². The second-order valence-corrected chi connectivity index (χ2v) is 6.41. The molecule has 7 heteroatoms. The SMILES string of the molecule is Cc1cc(C)n(-c2nc3cc(Cl)ccc3nc2Nc2ccccc2F)n1. The maximum Gasteiger partial charge on any atom is 0.197 e. The number of halogens is 2. The Kier molecular flexibility index (Phi) is 4.05. The Labute approximate surface area is 154 Å². The Morgan fingerprint density at radius 3 is 2.54 bits per heavy atom. The highest BCUT2D eigenvalue weighted by Gasteiger charge is 2.16. The predicted molar refractivity (Wildman–Crippen MR) is 101 cm³/mol. The Morgan fingerprint density at radius 2 is 1.81 bits per heavy atom. The second-order valence-electron chi connectivity index (χ2n) is 5.97. The minimum Gasteiger partial charge on any atom is -0.335 e. The van der Waals surface area contributed by atoms with Gasteiger partial charge in [0, 0.05) is 10.7 Å². The monoisotopic (exact) mass is 367 g/mol. The van der Waals surface area contributed by atoms with Gasteiger partial charge in [-0.1, -0.05) is 23.7 Å². The Morgan fingerprint density at radius 1 is 1.00 bits per heavy atom. The molecule has 0 aliphatic carbocycles. The fraction of sp³-hybridized carbons (Fsp3) is 0.105. The summed E-state index contributed by atoms with van der Waals surface area (Å²) in [5.41, 5.74) is 3.36. The van der Waals surface area contributed by atoms with Gasteiger partial charge in [-0.3, -0.25) is 0 Å². The van der Waals surface area contributed by atoms with Gasteiger partial charge in [-0.2, -0.15) is 5.10 Å². The van der Waals surface area contributed by atoms with Crippen molar-refractivity contribution in [2.24, 2.45) is 0 Å². The van der Waals surface area contributed by atoms with E-state index in [2.05, 4.69) is 20.4 Å². The van der Waals surface area contributed by atoms with Crippen molar-refractivity contribution >= 4 is 34.1 Å². The van der Waals surface area contributed by atoms with E-state index in [1.165, 1.54) is 6.07 Å². The quantitative estimate of drug-likeness (QED) is 0.555. The van der Waals surface area contributed by atoms with Gasteiger partial charge in [0.2, 0.25) is 0 Å². The molecule has 0 fully saturated rings. The lowest BCUT2D eigenvalue weighted by Crippen LogP contribution is -2.09. The van der Waals surface area contributed by atoms with Gasteiger partial charge in [-0.05, 0) is 50.2 Å². The number of aryl methyl sites for hydroxylation is 2. The van der Waals surface area contributed by atoms with E-state index in [1.54, 1.807) is 41.1 Å². The van der Waals surface area contributed by atoms with Crippen molar-refractivity contribution in [3.8, 4) is 5.82 Å². The maximum atomic E-state index is 14.1. The zero-order valence-electron chi connectivity index (χ0n) is 14.2. The van der Waals surface area contributed by atoms with Crippen molar-refractivity contribution in [3.05, 3.63) is 70.8 Å². The van der Waals surface area contributed by atoms with Gasteiger partial charge in [0.15, 0.2) is 11.6 Å². The highest BCUT2D eigenvalue weighted by atomic mass is 35.5. The van der Waals surface area contributed by atoms with Gasteiger partial charge in [0.25, 0.3) is 0 Å². The first-order chi connectivity index (χ1) is 12.5. The Hall–Kier alpha value is -2.99. The molecule has 4 aromatic rings. The number of hydrogen-bond acceptors (Lipinski definition) is 4. The van der Waals surface area contributed by atoms with Crippen LogP contribution in [-0.2, 0) is 0 Å². The number of hydrogen-bond donors (Lipinski definition) is 1. The topological polar surface area (TPSA) is 55.6 Å². The molecule has 2 aromatic heterocycles. The van der Waals surface area contributed by atoms with E-state index in [1.807, 2.05) is 19.9 Å². The minimum atomic E-state index is -0.371. The lowest BCUT2D eigenvalue weighted by molar-refractivity contribution is 0.631. The summed E-state index contributed by atoms with van der Waals surface area (Å²) in [4.78, 5) is 9.29. The summed E-state index contributed by atoms with van der Waals surface area (Å²) in [6.45, 7) is 3.83. The first-order valence-corrected chi connectivity index (χ1v) is 8.41. The lowest BCUT2D eigenvalue weighted by atomic mass is 10.3. The van der Waals surface area contributed by atoms with Crippen LogP contribution in [0.5, 0.6) is 0 Å². The number of fused-ring (bicyclic) bond motifs is 1. The average molecular weight is 368 g/mol. The van der Waals surface area contributed by atoms with Crippen molar-refractivity contribution in [2.75, 3.05) is 5.32 Å². The third-order valence-electron chi connectivity index (χ3n) is 3.95. The molecule has 0 atom stereocenters. The van der Waals surface area contributed by atoms with Crippen LogP contribution in [0.1, 0.15) is 11.4 Å². The van der Waals surface area contributed by atoms with Crippen molar-refractivity contribution in [3.63, 3.8) is 0 Å². The molecule has 2 heterocycles. The summed E-state index contributed by atoms with van der Waals surface area (Å²) in [5, 5.41) is 8.09. The summed E-state index contributed by atoms with van der Waals surface area (Å²) in [5.74, 6) is 0.523. The highest BCUT2D eigenvalue weighted by Crippen LogP contribution is 2.27. The van der Waals surface area contributed by atoms with Gasteiger partial charge in [0.1, 0.15) is 5.82 Å². The van der Waals surface area contributed by atoms with Crippen LogP contribution in [0.3, 0.4) is 0 Å². The minimum absolute atomic E-state index is 0.317. The van der Waals surface area contributed by atoms with Crippen molar-refractivity contribution in [1.82, 2.24) is 19.7 Å². The van der Waals surface area contributed by atoms with Gasteiger partial charge in [0.05, 0.1) is 22.4 Å². The number of para-hydroxylation sites is 1. The number of rotatable bonds is 3. The molecule has 0 unspecified atom stereocenters. The number of anilines is 2. The molecular formula is C19H15ClFN5. The molecule has 0 aliphatic rings. The first kappa shape index (κ1) is 16.5. The molecule has 0 radical (unpaired) electrons. The smallest absolute Gasteiger partial charge is 0.197 e. The van der Waals surface area contributed by atoms with E-state index >= 15 is 0 Å². The molecule has 0 aliphatic heterocycles. The molecule has 0 saturated heterocycles. The number of aromatic nitrogens is 4. The van der Waals surface area contributed by atoms with Crippen molar-refractivity contribution in [1.29, 1.82) is 0 Å². The van der Waals surface area contributed by atoms with E-state index in [4.69, 9.17) is 11.6 Å². The van der Waals surface area contributed by atoms with Crippen LogP contribution in [0.15, 0.2) is 48.5 Å². The van der Waals surface area contributed by atoms with E-state index in [-0.39, 0.29) is 5.82 Å². The lowest BCUT2D eigenvalue weighted by Gasteiger charge is -2.13. The van der Waals surface area contributed by atoms with Crippen LogP contribution in [0, 0.1) is 19.7 Å². The predicted octanol–water partition coefficient (Wildman–Crippen LogP) is 4.97. The van der Waals surface area contributed by atoms with Crippen LogP contribution in [0.4, 0.5) is 15.9 Å². The average Bonchev–Trinajstić information content (AvgIpc) is 2.94. The van der Waals surface area contributed by atoms with Crippen LogP contribution < -0.4 is 5.32 Å². The maximum absolute atomic E-state index is 14.1. The summed E-state index contributed by atoms with van der Waals surface area (Å²) in [6.07, 6.45) is 0. The molecule has 0 spiro atoms. The van der Waals surface area contributed by atoms with E-state index in [0.717, 1.165) is 11.4 Å². The summed E-state index contributed by atoms with van der Waals surface area (Å²) >= 11 is 6.09. The van der Waals surface area contributed by atoms with Crippen LogP contribution in [0.25, 0.3) is 16.9 Å². The van der Waals surface area contributed by atoms with Crippen LogP contribution in [-0.4, -0.2) is 19.7 Å². The summed E-state index contributed by atoms with van der Waals surface area (Å²) < 4.78 is 15.8. The second kappa shape index (κ2) is 6.38. The number of nitrogens with zero attached hydrogens (tertiary/aromatic N) is 4. The van der Waals surface area contributed by atoms with Gasteiger partial charge in [-0.25, -0.2) is 19.0 Å². The summed E-state index contributed by atoms with van der Waals surface area (Å²) in [7, 11) is 0. The molecule has 4 rings (SSSR count). The molecule has 0 amide bonds. The third-order valence-corrected chi connectivity index (χ3v) is 4.18. The molecule has 0 saturated carbocycles. The summed E-state index contributed by atoms with van der Waals surface area (Å²) in [6, 6.07) is 13.6. The van der Waals surface area contributed by atoms with E-state index < -0.39 is 0 Å². The van der Waals surface area contributed by atoms with Crippen LogP contribution >= 0.6 is 11.6 Å². The molecule has 26 heavy (non-hydrogen) atoms. The molecule has 2 aromatic carbocycles. The Bertz CT molecular complexity index is 1120. The fourth-order valence-corrected chi connectivity index (χ4v) is 2.95. The van der Waals surface area contributed by atoms with Crippen molar-refractivity contribution in [2.45, 2.75) is 13.8 Å². The van der Waals surface area contributed by atoms with Crippen LogP contribution in [0.2, 0.25) is 5.02 Å². The van der Waals surface area contributed by atoms with Gasteiger partial charge < -0.3 is 5.32 Å². The van der Waals surface area contributed by atoms with Gasteiger partial charge >= 0.3 is 0 Å². The normalized spacial score (nSPS) is 11.1. The standard InChI is InChI=1S/C19H15ClFN5/c1-11-9-12(2)26(25-11)19-18(22-15-6-4-3-5-14(15)21)23-16-8-7-13(20)10-17(16)24-19/h3-10H,1-2H3,(H,22,23). The van der Waals surface area contributed by atoms with E-state index in [9.17, 15) is 4.39 Å². The number of benzene rings is 2. The molecule has 1 N–H and O–H groups in total.